The van der Waals surface area contributed by atoms with Gasteiger partial charge in [-0.25, -0.2) is 13.8 Å². The Morgan fingerprint density at radius 1 is 1.39 bits per heavy atom. The van der Waals surface area contributed by atoms with Crippen LogP contribution in [0.3, 0.4) is 0 Å². The van der Waals surface area contributed by atoms with E-state index in [4.69, 9.17) is 0 Å². The Kier molecular flexibility index (Phi) is 4.41. The average molecular weight is 338 g/mol. The number of nitrogens with zero attached hydrogens (tertiary/aromatic N) is 2. The molecule has 2 heterocycles. The molecule has 2 aromatic rings. The average Bonchev–Trinajstić information content (AvgIpc) is 3.16. The van der Waals surface area contributed by atoms with Crippen LogP contribution < -0.4 is 0 Å². The number of amides is 1. The lowest BCUT2D eigenvalue weighted by Gasteiger charge is -2.22. The van der Waals surface area contributed by atoms with Gasteiger partial charge in [0.2, 0.25) is 5.91 Å². The monoisotopic (exact) mass is 338 g/mol. The number of aromatic nitrogens is 1. The summed E-state index contributed by atoms with van der Waals surface area (Å²) < 4.78 is 25.6. The van der Waals surface area contributed by atoms with Crippen molar-refractivity contribution in [1.82, 2.24) is 9.88 Å². The number of alkyl halides is 2. The van der Waals surface area contributed by atoms with Crippen LogP contribution in [0.2, 0.25) is 0 Å². The molecule has 1 unspecified atom stereocenters. The Labute approximate surface area is 136 Å². The first-order chi connectivity index (χ1) is 11.0. The highest BCUT2D eigenvalue weighted by Gasteiger charge is 2.45. The molecule has 1 fully saturated rings. The van der Waals surface area contributed by atoms with Gasteiger partial charge in [0.1, 0.15) is 10.6 Å². The smallest absolute Gasteiger partial charge is 0.268 e. The summed E-state index contributed by atoms with van der Waals surface area (Å²) in [4.78, 5) is 17.9. The number of aliphatic hydroxyl groups is 1. The quantitative estimate of drug-likeness (QED) is 0.932. The minimum atomic E-state index is -2.84. The van der Waals surface area contributed by atoms with Gasteiger partial charge in [0, 0.05) is 23.9 Å². The molecule has 122 valence electrons. The highest BCUT2D eigenvalue weighted by molar-refractivity contribution is 7.13. The molecular weight excluding hydrogens is 322 g/mol. The summed E-state index contributed by atoms with van der Waals surface area (Å²) >= 11 is 1.44. The van der Waals surface area contributed by atoms with E-state index in [9.17, 15) is 18.7 Å². The van der Waals surface area contributed by atoms with Gasteiger partial charge in [0.25, 0.3) is 6.43 Å². The number of halogens is 2. The van der Waals surface area contributed by atoms with Crippen LogP contribution in [-0.4, -0.2) is 46.0 Å². The third kappa shape index (κ3) is 3.40. The Balaban J connectivity index is 1.64. The van der Waals surface area contributed by atoms with Crippen LogP contribution in [-0.2, 0) is 11.2 Å². The highest BCUT2D eigenvalue weighted by atomic mass is 32.1. The Hall–Kier alpha value is -1.86. The maximum Gasteiger partial charge on any atom is 0.268 e. The van der Waals surface area contributed by atoms with Gasteiger partial charge in [-0.05, 0) is 0 Å². The zero-order chi connectivity index (χ0) is 16.4. The molecule has 1 aliphatic rings. The molecule has 1 aromatic heterocycles. The van der Waals surface area contributed by atoms with E-state index in [2.05, 4.69) is 4.98 Å². The van der Waals surface area contributed by atoms with Gasteiger partial charge in [-0.15, -0.1) is 11.3 Å². The molecule has 3 rings (SSSR count). The van der Waals surface area contributed by atoms with Gasteiger partial charge < -0.3 is 10.0 Å². The predicted molar refractivity (Wildman–Crippen MR) is 83.4 cm³/mol. The number of thiazole rings is 1. The van der Waals surface area contributed by atoms with E-state index in [1.54, 1.807) is 5.38 Å². The minimum absolute atomic E-state index is 0.0582. The summed E-state index contributed by atoms with van der Waals surface area (Å²) in [6.07, 6.45) is -2.88. The summed E-state index contributed by atoms with van der Waals surface area (Å²) in [6.45, 7) is -0.172. The number of rotatable bonds is 4. The number of hydrogen-bond acceptors (Lipinski definition) is 4. The van der Waals surface area contributed by atoms with Crippen LogP contribution >= 0.6 is 11.3 Å². The fourth-order valence-corrected chi connectivity index (χ4v) is 3.40. The van der Waals surface area contributed by atoms with Crippen molar-refractivity contribution < 1.29 is 18.7 Å². The summed E-state index contributed by atoms with van der Waals surface area (Å²) in [6, 6.07) is 9.62. The van der Waals surface area contributed by atoms with E-state index in [0.29, 0.717) is 5.69 Å². The molecule has 23 heavy (non-hydrogen) atoms. The first-order valence-electron chi connectivity index (χ1n) is 7.26. The van der Waals surface area contributed by atoms with Crippen LogP contribution in [0.4, 0.5) is 8.78 Å². The highest BCUT2D eigenvalue weighted by Crippen LogP contribution is 2.28. The van der Waals surface area contributed by atoms with Crippen molar-refractivity contribution in [3.63, 3.8) is 0 Å². The molecule has 0 aliphatic carbocycles. The van der Waals surface area contributed by atoms with Crippen molar-refractivity contribution in [2.24, 2.45) is 0 Å². The van der Waals surface area contributed by atoms with Gasteiger partial charge in [0.05, 0.1) is 18.7 Å². The van der Waals surface area contributed by atoms with Crippen molar-refractivity contribution in [1.29, 1.82) is 0 Å². The Morgan fingerprint density at radius 2 is 2.13 bits per heavy atom. The number of benzene rings is 1. The second kappa shape index (κ2) is 6.33. The summed E-state index contributed by atoms with van der Waals surface area (Å²) in [5.74, 6) is -0.286. The van der Waals surface area contributed by atoms with E-state index in [0.717, 1.165) is 10.6 Å². The molecule has 0 spiro atoms. The molecular formula is C16H16F2N2O2S. The van der Waals surface area contributed by atoms with Crippen molar-refractivity contribution in [3.05, 3.63) is 41.4 Å². The largest absolute Gasteiger partial charge is 0.382 e. The van der Waals surface area contributed by atoms with Crippen molar-refractivity contribution in [2.45, 2.75) is 24.9 Å². The Morgan fingerprint density at radius 3 is 2.78 bits per heavy atom. The van der Waals surface area contributed by atoms with Crippen LogP contribution in [0.5, 0.6) is 0 Å². The predicted octanol–water partition coefficient (Wildman–Crippen LogP) is 2.58. The SMILES string of the molecule is O=C(Cc1csc(-c2ccccc2)n1)N1CCC(O)(C(F)F)C1. The van der Waals surface area contributed by atoms with Gasteiger partial charge in [-0.1, -0.05) is 30.3 Å². The lowest BCUT2D eigenvalue weighted by Crippen LogP contribution is -2.42. The van der Waals surface area contributed by atoms with E-state index < -0.39 is 12.0 Å². The number of β-amino-alcohol motifs (C(OH)–C–C–N with tert-alkyl or cyclic N) is 1. The first-order valence-corrected chi connectivity index (χ1v) is 8.14. The second-order valence-electron chi connectivity index (χ2n) is 5.66. The molecule has 0 saturated carbocycles. The molecule has 7 heteroatoms. The molecule has 1 amide bonds. The standard InChI is InChI=1S/C16H16F2N2O2S/c17-15(18)16(22)6-7-20(10-16)13(21)8-12-9-23-14(19-12)11-4-2-1-3-5-11/h1-5,9,15,22H,6-8,10H2. The summed E-state index contributed by atoms with van der Waals surface area (Å²) in [5.41, 5.74) is -0.483. The fraction of sp³-hybridized carbons (Fsp3) is 0.375. The molecule has 1 aromatic carbocycles. The first kappa shape index (κ1) is 16.0. The number of hydrogen-bond donors (Lipinski definition) is 1. The topological polar surface area (TPSA) is 53.4 Å². The molecule has 1 aliphatic heterocycles. The zero-order valence-electron chi connectivity index (χ0n) is 12.3. The molecule has 1 saturated heterocycles. The molecule has 0 bridgehead atoms. The number of carbonyl (C=O) groups excluding carboxylic acids is 1. The summed E-state index contributed by atoms with van der Waals surface area (Å²) in [5, 5.41) is 12.4. The molecule has 1 atom stereocenters. The van der Waals surface area contributed by atoms with Gasteiger partial charge >= 0.3 is 0 Å². The van der Waals surface area contributed by atoms with Crippen molar-refractivity contribution >= 4 is 17.2 Å². The maximum atomic E-state index is 12.8. The molecule has 1 N–H and O–H groups in total. The number of likely N-dealkylation sites (tertiary alicyclic amines) is 1. The lowest BCUT2D eigenvalue weighted by atomic mass is 10.1. The van der Waals surface area contributed by atoms with Crippen LogP contribution in [0.25, 0.3) is 10.6 Å². The third-order valence-electron chi connectivity index (χ3n) is 3.94. The van der Waals surface area contributed by atoms with Crippen LogP contribution in [0.15, 0.2) is 35.7 Å². The third-order valence-corrected chi connectivity index (χ3v) is 4.88. The second-order valence-corrected chi connectivity index (χ2v) is 6.51. The molecule has 0 radical (unpaired) electrons. The summed E-state index contributed by atoms with van der Waals surface area (Å²) in [7, 11) is 0. The lowest BCUT2D eigenvalue weighted by molar-refractivity contribution is -0.132. The van der Waals surface area contributed by atoms with E-state index >= 15 is 0 Å². The Bertz CT molecular complexity index is 692. The van der Waals surface area contributed by atoms with E-state index in [1.807, 2.05) is 30.3 Å². The van der Waals surface area contributed by atoms with Crippen molar-refractivity contribution in [2.75, 3.05) is 13.1 Å². The van der Waals surface area contributed by atoms with Gasteiger partial charge in [0.15, 0.2) is 0 Å². The van der Waals surface area contributed by atoms with E-state index in [-0.39, 0.29) is 31.8 Å². The number of carbonyl (C=O) groups is 1. The van der Waals surface area contributed by atoms with Gasteiger partial charge in [-0.3, -0.25) is 4.79 Å². The van der Waals surface area contributed by atoms with E-state index in [1.165, 1.54) is 16.2 Å². The van der Waals surface area contributed by atoms with Gasteiger partial charge in [-0.2, -0.15) is 0 Å². The zero-order valence-corrected chi connectivity index (χ0v) is 13.1. The maximum absolute atomic E-state index is 12.8. The fourth-order valence-electron chi connectivity index (χ4n) is 2.58. The minimum Gasteiger partial charge on any atom is -0.382 e. The van der Waals surface area contributed by atoms with Crippen molar-refractivity contribution in [3.8, 4) is 10.6 Å². The molecule has 4 nitrogen and oxygen atoms in total. The van der Waals surface area contributed by atoms with Crippen LogP contribution in [0, 0.1) is 0 Å². The normalized spacial score (nSPS) is 21.1. The van der Waals surface area contributed by atoms with Crippen LogP contribution in [0.1, 0.15) is 12.1 Å².